The Morgan fingerprint density at radius 2 is 1.65 bits per heavy atom. The van der Waals surface area contributed by atoms with Gasteiger partial charge >= 0.3 is 0 Å². The molecule has 5 rings (SSSR count). The first-order valence-electron chi connectivity index (χ1n) is 7.74. The highest BCUT2D eigenvalue weighted by Gasteiger charge is 2.50. The lowest BCUT2D eigenvalue weighted by Gasteiger charge is -2.53. The lowest BCUT2D eigenvalue weighted by molar-refractivity contribution is -0.0251. The Hall–Kier alpha value is -1.51. The Labute approximate surface area is 119 Å². The molecule has 4 aliphatic rings. The highest BCUT2D eigenvalue weighted by molar-refractivity contribution is 5.99. The number of aromatic hydroxyl groups is 1. The zero-order valence-electron chi connectivity index (χ0n) is 11.6. The van der Waals surface area contributed by atoms with Crippen LogP contribution in [-0.4, -0.2) is 10.9 Å². The summed E-state index contributed by atoms with van der Waals surface area (Å²) in [5, 5.41) is 9.72. The highest BCUT2D eigenvalue weighted by Crippen LogP contribution is 2.57. The average Bonchev–Trinajstić information content (AvgIpc) is 2.40. The summed E-state index contributed by atoms with van der Waals surface area (Å²) in [6.45, 7) is 0. The molecule has 106 valence electrons. The molecule has 0 spiro atoms. The molecule has 4 fully saturated rings. The van der Waals surface area contributed by atoms with Crippen molar-refractivity contribution in [2.45, 2.75) is 32.1 Å². The van der Waals surface area contributed by atoms with Crippen molar-refractivity contribution < 1.29 is 9.90 Å². The second-order valence-electron chi connectivity index (χ2n) is 7.09. The topological polar surface area (TPSA) is 63.3 Å². The fourth-order valence-corrected chi connectivity index (χ4v) is 5.24. The zero-order valence-corrected chi connectivity index (χ0v) is 11.6. The summed E-state index contributed by atoms with van der Waals surface area (Å²) in [6, 6.07) is 4.95. The van der Waals surface area contributed by atoms with Crippen LogP contribution >= 0.6 is 0 Å². The molecule has 3 nitrogen and oxygen atoms in total. The number of hydrogen-bond acceptors (Lipinski definition) is 3. The Morgan fingerprint density at radius 3 is 2.20 bits per heavy atom. The molecular formula is C17H21NO2. The van der Waals surface area contributed by atoms with Crippen molar-refractivity contribution in [1.82, 2.24) is 0 Å². The van der Waals surface area contributed by atoms with Crippen molar-refractivity contribution in [3.8, 4) is 5.75 Å². The van der Waals surface area contributed by atoms with Crippen molar-refractivity contribution in [1.29, 1.82) is 0 Å². The van der Waals surface area contributed by atoms with Crippen molar-refractivity contribution in [3.05, 3.63) is 23.8 Å². The van der Waals surface area contributed by atoms with Crippen LogP contribution in [0.1, 0.15) is 42.5 Å². The van der Waals surface area contributed by atoms with E-state index in [1.165, 1.54) is 32.1 Å². The summed E-state index contributed by atoms with van der Waals surface area (Å²) in [5.41, 5.74) is 6.59. The Morgan fingerprint density at radius 1 is 1.05 bits per heavy atom. The van der Waals surface area contributed by atoms with E-state index in [2.05, 4.69) is 0 Å². The molecular weight excluding hydrogens is 250 g/mol. The smallest absolute Gasteiger partial charge is 0.166 e. The molecule has 0 aromatic heterocycles. The van der Waals surface area contributed by atoms with Crippen LogP contribution < -0.4 is 5.73 Å². The van der Waals surface area contributed by atoms with E-state index in [0.29, 0.717) is 23.1 Å². The first-order chi connectivity index (χ1) is 9.61. The molecule has 0 atom stereocenters. The number of anilines is 1. The zero-order chi connectivity index (χ0) is 13.9. The van der Waals surface area contributed by atoms with E-state index in [-0.39, 0.29) is 17.5 Å². The van der Waals surface area contributed by atoms with Gasteiger partial charge in [0.25, 0.3) is 0 Å². The molecule has 4 bridgehead atoms. The lowest BCUT2D eigenvalue weighted by atomic mass is 9.51. The predicted octanol–water partition coefficient (Wildman–Crippen LogP) is 3.23. The van der Waals surface area contributed by atoms with Crippen molar-refractivity contribution in [2.24, 2.45) is 29.6 Å². The van der Waals surface area contributed by atoms with Gasteiger partial charge in [0.2, 0.25) is 0 Å². The van der Waals surface area contributed by atoms with Crippen molar-refractivity contribution >= 4 is 11.5 Å². The van der Waals surface area contributed by atoms with Gasteiger partial charge in [-0.2, -0.15) is 0 Å². The maximum atomic E-state index is 12.8. The van der Waals surface area contributed by atoms with Crippen LogP contribution in [-0.2, 0) is 0 Å². The fourth-order valence-electron chi connectivity index (χ4n) is 5.24. The van der Waals surface area contributed by atoms with Gasteiger partial charge in [-0.25, -0.2) is 0 Å². The maximum absolute atomic E-state index is 12.8. The minimum atomic E-state index is 0.0275. The van der Waals surface area contributed by atoms with Crippen LogP contribution in [0.2, 0.25) is 0 Å². The van der Waals surface area contributed by atoms with E-state index >= 15 is 0 Å². The molecule has 0 amide bonds. The van der Waals surface area contributed by atoms with Crippen LogP contribution in [0.5, 0.6) is 5.75 Å². The number of benzene rings is 1. The predicted molar refractivity (Wildman–Crippen MR) is 77.4 cm³/mol. The number of nitrogens with two attached hydrogens (primary N) is 1. The van der Waals surface area contributed by atoms with E-state index in [1.807, 2.05) is 0 Å². The average molecular weight is 271 g/mol. The minimum Gasteiger partial charge on any atom is -0.506 e. The number of carbonyl (C=O) groups is 1. The number of nitrogen functional groups attached to an aromatic ring is 1. The summed E-state index contributed by atoms with van der Waals surface area (Å²) < 4.78 is 0. The fraction of sp³-hybridized carbons (Fsp3) is 0.588. The third kappa shape index (κ3) is 1.75. The van der Waals surface area contributed by atoms with Crippen molar-refractivity contribution in [3.63, 3.8) is 0 Å². The molecule has 0 unspecified atom stereocenters. The third-order valence-corrected chi connectivity index (χ3v) is 5.84. The number of phenolic OH excluding ortho intramolecular Hbond substituents is 1. The van der Waals surface area contributed by atoms with Crippen molar-refractivity contribution in [2.75, 3.05) is 5.73 Å². The van der Waals surface area contributed by atoms with E-state index < -0.39 is 0 Å². The van der Waals surface area contributed by atoms with Crippen LogP contribution in [0.3, 0.4) is 0 Å². The van der Waals surface area contributed by atoms with E-state index in [4.69, 9.17) is 5.73 Å². The van der Waals surface area contributed by atoms with Gasteiger partial charge in [-0.15, -0.1) is 0 Å². The first-order valence-corrected chi connectivity index (χ1v) is 7.74. The van der Waals surface area contributed by atoms with Crippen LogP contribution in [0, 0.1) is 29.6 Å². The molecule has 0 radical (unpaired) electrons. The van der Waals surface area contributed by atoms with Crippen LogP contribution in [0.4, 0.5) is 5.69 Å². The second kappa shape index (κ2) is 4.24. The molecule has 0 heterocycles. The number of rotatable bonds is 2. The molecule has 4 aliphatic carbocycles. The Balaban J connectivity index is 1.63. The van der Waals surface area contributed by atoms with Crippen LogP contribution in [0.25, 0.3) is 0 Å². The van der Waals surface area contributed by atoms with Gasteiger partial charge in [-0.05, 0) is 74.0 Å². The van der Waals surface area contributed by atoms with Gasteiger partial charge in [0.1, 0.15) is 5.75 Å². The number of hydrogen-bond donors (Lipinski definition) is 2. The number of Topliss-reactive ketones (excluding diaryl/α,β-unsaturated/α-hetero) is 1. The number of ketones is 1. The van der Waals surface area contributed by atoms with E-state index in [0.717, 1.165) is 11.8 Å². The normalized spacial score (nSPS) is 38.1. The molecule has 0 aliphatic heterocycles. The molecule has 1 aromatic rings. The molecule has 4 saturated carbocycles. The van der Waals surface area contributed by atoms with E-state index in [9.17, 15) is 9.90 Å². The van der Waals surface area contributed by atoms with E-state index in [1.54, 1.807) is 18.2 Å². The van der Waals surface area contributed by atoms with Gasteiger partial charge < -0.3 is 10.8 Å². The second-order valence-corrected chi connectivity index (χ2v) is 7.09. The summed E-state index contributed by atoms with van der Waals surface area (Å²) in [6.07, 6.45) is 6.36. The SMILES string of the molecule is Nc1ccc(C(=O)C2C3CC4CC(C3)CC2C4)cc1O. The monoisotopic (exact) mass is 271 g/mol. The van der Waals surface area contributed by atoms with Gasteiger partial charge in [-0.1, -0.05) is 0 Å². The third-order valence-electron chi connectivity index (χ3n) is 5.84. The summed E-state index contributed by atoms with van der Waals surface area (Å²) in [7, 11) is 0. The van der Waals surface area contributed by atoms with Gasteiger partial charge in [0.15, 0.2) is 5.78 Å². The summed E-state index contributed by atoms with van der Waals surface area (Å²) in [4.78, 5) is 12.8. The lowest BCUT2D eigenvalue weighted by Crippen LogP contribution is -2.48. The standard InChI is InChI=1S/C17H21NO2/c18-14-2-1-11(8-15(14)19)17(20)16-12-4-9-3-10(6-12)7-13(16)5-9/h1-2,8-10,12-13,16,19H,3-7,18H2. The van der Waals surface area contributed by atoms with Gasteiger partial charge in [0, 0.05) is 11.5 Å². The quantitative estimate of drug-likeness (QED) is 0.493. The molecule has 3 heteroatoms. The highest BCUT2D eigenvalue weighted by atomic mass is 16.3. The Bertz CT molecular complexity index is 538. The van der Waals surface area contributed by atoms with Gasteiger partial charge in [0.05, 0.1) is 5.69 Å². The molecule has 1 aromatic carbocycles. The Kier molecular flexibility index (Phi) is 2.60. The molecule has 20 heavy (non-hydrogen) atoms. The number of carbonyl (C=O) groups excluding carboxylic acids is 1. The number of phenols is 1. The minimum absolute atomic E-state index is 0.0275. The molecule has 3 N–H and O–H groups in total. The summed E-state index contributed by atoms with van der Waals surface area (Å²) in [5.74, 6) is 3.36. The summed E-state index contributed by atoms with van der Waals surface area (Å²) >= 11 is 0. The molecule has 0 saturated heterocycles. The van der Waals surface area contributed by atoms with Crippen LogP contribution in [0.15, 0.2) is 18.2 Å². The van der Waals surface area contributed by atoms with Gasteiger partial charge in [-0.3, -0.25) is 4.79 Å². The first kappa shape index (κ1) is 12.2. The largest absolute Gasteiger partial charge is 0.506 e. The maximum Gasteiger partial charge on any atom is 0.166 e.